The summed E-state index contributed by atoms with van der Waals surface area (Å²) in [6.07, 6.45) is 1.77. The third-order valence-corrected chi connectivity index (χ3v) is 5.59. The molecule has 98 valence electrons. The lowest BCUT2D eigenvalue weighted by Crippen LogP contribution is -2.39. The highest BCUT2D eigenvalue weighted by atomic mass is 32.7. The van der Waals surface area contributed by atoms with Crippen LogP contribution in [0.4, 0.5) is 0 Å². The fraction of sp³-hybridized carbons (Fsp3) is 1.00. The fourth-order valence-electron chi connectivity index (χ4n) is 2.00. The van der Waals surface area contributed by atoms with Crippen LogP contribution in [0.1, 0.15) is 54.4 Å². The highest BCUT2D eigenvalue weighted by molar-refractivity contribution is 8.55. The maximum atomic E-state index is 11.9. The maximum Gasteiger partial charge on any atom is 0.324 e. The molecule has 0 aromatic carbocycles. The highest BCUT2D eigenvalue weighted by Gasteiger charge is 2.32. The normalized spacial score (nSPS) is 17.2. The number of nitrogens with one attached hydrogen (secondary N) is 1. The van der Waals surface area contributed by atoms with Crippen molar-refractivity contribution in [1.82, 2.24) is 5.09 Å². The number of hydrogen-bond donors (Lipinski definition) is 2. The van der Waals surface area contributed by atoms with Gasteiger partial charge in [0.2, 0.25) is 0 Å². The van der Waals surface area contributed by atoms with Crippen LogP contribution in [0, 0.1) is 5.41 Å². The zero-order valence-electron chi connectivity index (χ0n) is 11.3. The lowest BCUT2D eigenvalue weighted by molar-refractivity contribution is 0.264. The maximum absolute atomic E-state index is 11.9. The van der Waals surface area contributed by atoms with Gasteiger partial charge in [-0.1, -0.05) is 39.1 Å². The first-order chi connectivity index (χ1) is 6.97. The molecule has 2 N–H and O–H groups in total. The van der Waals surface area contributed by atoms with E-state index in [1.807, 2.05) is 20.8 Å². The van der Waals surface area contributed by atoms with Gasteiger partial charge in [0.25, 0.3) is 0 Å². The van der Waals surface area contributed by atoms with Gasteiger partial charge in [0, 0.05) is 11.3 Å². The average molecular weight is 267 g/mol. The summed E-state index contributed by atoms with van der Waals surface area (Å²) in [4.78, 5) is 9.79. The molecule has 0 spiro atoms. The summed E-state index contributed by atoms with van der Waals surface area (Å²) in [6, 6.07) is 0. The van der Waals surface area contributed by atoms with Crippen molar-refractivity contribution in [3.8, 4) is 0 Å². The Morgan fingerprint density at radius 2 is 1.75 bits per heavy atom. The van der Waals surface area contributed by atoms with E-state index in [-0.39, 0.29) is 11.0 Å². The molecule has 0 heterocycles. The molecule has 0 saturated carbocycles. The third-order valence-electron chi connectivity index (χ3n) is 1.89. The van der Waals surface area contributed by atoms with Gasteiger partial charge in [-0.15, -0.1) is 0 Å². The Hall–Kier alpha value is 0.500. The van der Waals surface area contributed by atoms with E-state index in [9.17, 15) is 9.46 Å². The van der Waals surface area contributed by atoms with Crippen molar-refractivity contribution in [3.05, 3.63) is 0 Å². The largest absolute Gasteiger partial charge is 0.326 e. The topological polar surface area (TPSA) is 49.3 Å². The predicted octanol–water partition coefficient (Wildman–Crippen LogP) is 4.03. The molecule has 0 fully saturated rings. The molecule has 0 aromatic heterocycles. The predicted molar refractivity (Wildman–Crippen MR) is 73.9 cm³/mol. The van der Waals surface area contributed by atoms with E-state index >= 15 is 0 Å². The van der Waals surface area contributed by atoms with Crippen LogP contribution >= 0.6 is 18.1 Å². The molecule has 0 aliphatic heterocycles. The van der Waals surface area contributed by atoms with Crippen LogP contribution in [-0.2, 0) is 4.57 Å². The monoisotopic (exact) mass is 267 g/mol. The van der Waals surface area contributed by atoms with Crippen molar-refractivity contribution >= 4 is 18.1 Å². The summed E-state index contributed by atoms with van der Waals surface area (Å²) >= 11 is 1.13. The van der Waals surface area contributed by atoms with Crippen LogP contribution in [0.2, 0.25) is 0 Å². The third kappa shape index (κ3) is 8.63. The van der Waals surface area contributed by atoms with Gasteiger partial charge in [0.15, 0.2) is 0 Å². The van der Waals surface area contributed by atoms with E-state index in [4.69, 9.17) is 0 Å². The Balaban J connectivity index is 4.39. The van der Waals surface area contributed by atoms with Gasteiger partial charge in [-0.25, -0.2) is 5.09 Å². The van der Waals surface area contributed by atoms with E-state index in [0.29, 0.717) is 5.75 Å². The lowest BCUT2D eigenvalue weighted by Gasteiger charge is -2.34. The molecule has 0 aliphatic rings. The van der Waals surface area contributed by atoms with Crippen molar-refractivity contribution in [2.75, 3.05) is 5.75 Å². The Kier molecular flexibility index (Phi) is 6.09. The lowest BCUT2D eigenvalue weighted by atomic mass is 9.82. The van der Waals surface area contributed by atoms with E-state index in [0.717, 1.165) is 24.2 Å². The van der Waals surface area contributed by atoms with E-state index < -0.39 is 6.72 Å². The van der Waals surface area contributed by atoms with Crippen molar-refractivity contribution in [1.29, 1.82) is 0 Å². The second-order valence-electron chi connectivity index (χ2n) is 6.09. The molecule has 1 unspecified atom stereocenters. The van der Waals surface area contributed by atoms with Gasteiger partial charge in [-0.2, -0.15) is 0 Å². The molecule has 3 nitrogen and oxygen atoms in total. The number of rotatable bonds is 6. The summed E-state index contributed by atoms with van der Waals surface area (Å²) in [5.41, 5.74) is -0.171. The first-order valence-corrected chi connectivity index (χ1v) is 8.99. The van der Waals surface area contributed by atoms with Crippen molar-refractivity contribution in [3.63, 3.8) is 0 Å². The fourth-order valence-corrected chi connectivity index (χ4v) is 5.56. The summed E-state index contributed by atoms with van der Waals surface area (Å²) in [7, 11) is 0. The Morgan fingerprint density at radius 3 is 2.12 bits per heavy atom. The zero-order valence-corrected chi connectivity index (χ0v) is 13.0. The van der Waals surface area contributed by atoms with Crippen LogP contribution in [0.25, 0.3) is 0 Å². The first-order valence-electron chi connectivity index (χ1n) is 5.74. The first kappa shape index (κ1) is 16.5. The molecule has 0 amide bonds. The molecule has 0 saturated heterocycles. The van der Waals surface area contributed by atoms with Crippen molar-refractivity contribution in [2.24, 2.45) is 5.41 Å². The number of hydrogen-bond acceptors (Lipinski definition) is 2. The standard InChI is InChI=1S/C11H26NO2PS/c1-7-8-16-15(13,14)12-11(5,6)9-10(2,3)4/h7-9H2,1-6H3,(H2,12,13,14). The van der Waals surface area contributed by atoms with Gasteiger partial charge < -0.3 is 4.89 Å². The molecule has 0 rings (SSSR count). The van der Waals surface area contributed by atoms with Crippen LogP contribution in [0.3, 0.4) is 0 Å². The van der Waals surface area contributed by atoms with Gasteiger partial charge in [0.1, 0.15) is 0 Å². The van der Waals surface area contributed by atoms with Gasteiger partial charge >= 0.3 is 6.72 Å². The van der Waals surface area contributed by atoms with Crippen molar-refractivity contribution in [2.45, 2.75) is 59.9 Å². The zero-order chi connectivity index (χ0) is 13.0. The van der Waals surface area contributed by atoms with E-state index in [1.54, 1.807) is 0 Å². The summed E-state index contributed by atoms with van der Waals surface area (Å²) < 4.78 is 11.9. The molecule has 0 aromatic rings. The molecule has 0 aliphatic carbocycles. The summed E-state index contributed by atoms with van der Waals surface area (Å²) in [6.45, 7) is 9.13. The average Bonchev–Trinajstić information content (AvgIpc) is 1.93. The smallest absolute Gasteiger partial charge is 0.324 e. The Morgan fingerprint density at radius 1 is 1.25 bits per heavy atom. The van der Waals surface area contributed by atoms with Crippen LogP contribution < -0.4 is 5.09 Å². The minimum Gasteiger partial charge on any atom is -0.326 e. The second-order valence-corrected chi connectivity index (χ2v) is 10.3. The molecule has 1 atom stereocenters. The second kappa shape index (κ2) is 5.90. The minimum atomic E-state index is -3.25. The Labute approximate surface area is 104 Å². The molecular weight excluding hydrogens is 241 g/mol. The van der Waals surface area contributed by atoms with E-state index in [1.165, 1.54) is 0 Å². The highest BCUT2D eigenvalue weighted by Crippen LogP contribution is 2.53. The molecule has 0 bridgehead atoms. The van der Waals surface area contributed by atoms with Gasteiger partial charge in [-0.3, -0.25) is 4.57 Å². The van der Waals surface area contributed by atoms with Crippen molar-refractivity contribution < 1.29 is 9.46 Å². The van der Waals surface area contributed by atoms with Gasteiger partial charge in [-0.05, 0) is 32.1 Å². The summed E-state index contributed by atoms with van der Waals surface area (Å²) in [5, 5.41) is 2.90. The molecule has 0 radical (unpaired) electrons. The Bertz CT molecular complexity index is 261. The van der Waals surface area contributed by atoms with Crippen LogP contribution in [-0.4, -0.2) is 16.2 Å². The summed E-state index contributed by atoms with van der Waals surface area (Å²) in [5.74, 6) is 0.715. The van der Waals surface area contributed by atoms with Crippen LogP contribution in [0.15, 0.2) is 0 Å². The minimum absolute atomic E-state index is 0.145. The quantitative estimate of drug-likeness (QED) is 0.713. The van der Waals surface area contributed by atoms with Crippen LogP contribution in [0.5, 0.6) is 0 Å². The molecule has 16 heavy (non-hydrogen) atoms. The molecular formula is C11H26NO2PS. The molecule has 5 heteroatoms. The van der Waals surface area contributed by atoms with E-state index in [2.05, 4.69) is 25.9 Å². The SMILES string of the molecule is CCCSP(=O)(O)NC(C)(C)CC(C)(C)C. The van der Waals surface area contributed by atoms with Gasteiger partial charge in [0.05, 0.1) is 0 Å².